The van der Waals surface area contributed by atoms with Crippen LogP contribution >= 0.6 is 0 Å². The monoisotopic (exact) mass is 324 g/mol. The fourth-order valence-corrected chi connectivity index (χ4v) is 3.35. The van der Waals surface area contributed by atoms with Gasteiger partial charge in [-0.1, -0.05) is 95.0 Å². The fraction of sp³-hybridized carbons (Fsp3) is 0.684. The van der Waals surface area contributed by atoms with Crippen LogP contribution in [0.5, 0.6) is 0 Å². The highest BCUT2D eigenvalue weighted by molar-refractivity contribution is 7.79. The Hall–Kier alpha value is -0.670. The Labute approximate surface area is 139 Å². The molecule has 22 heavy (non-hydrogen) atoms. The summed E-state index contributed by atoms with van der Waals surface area (Å²) in [5.74, 6) is 0.499. The van der Waals surface area contributed by atoms with E-state index in [-0.39, 0.29) is 0 Å². The van der Waals surface area contributed by atoms with Crippen molar-refractivity contribution in [3.8, 4) is 0 Å². The van der Waals surface area contributed by atoms with Crippen molar-refractivity contribution in [1.29, 1.82) is 0 Å². The fourth-order valence-electron chi connectivity index (χ4n) is 2.49. The van der Waals surface area contributed by atoms with Crippen LogP contribution in [0, 0.1) is 0 Å². The van der Waals surface area contributed by atoms with Crippen LogP contribution in [0.25, 0.3) is 0 Å². The van der Waals surface area contributed by atoms with Gasteiger partial charge in [0.25, 0.3) is 0 Å². The molecule has 0 aliphatic heterocycles. The van der Waals surface area contributed by atoms with Crippen LogP contribution in [0.1, 0.15) is 76.7 Å². The number of hydrogen-bond donors (Lipinski definition) is 0. The molecule has 1 aromatic rings. The molecular formula is C19H32O2S. The largest absolute Gasteiger partial charge is 0.290 e. The zero-order valence-corrected chi connectivity index (χ0v) is 14.9. The maximum atomic E-state index is 11.8. The summed E-state index contributed by atoms with van der Waals surface area (Å²) in [7, 11) is 0. The Morgan fingerprint density at radius 3 is 1.95 bits per heavy atom. The van der Waals surface area contributed by atoms with Gasteiger partial charge < -0.3 is 0 Å². The van der Waals surface area contributed by atoms with Crippen molar-refractivity contribution in [2.24, 2.45) is 0 Å². The normalized spacial score (nSPS) is 12.4. The first kappa shape index (κ1) is 19.4. The molecule has 0 fully saturated rings. The van der Waals surface area contributed by atoms with Crippen molar-refractivity contribution >= 4 is 11.1 Å². The van der Waals surface area contributed by atoms with Gasteiger partial charge in [-0.05, 0) is 12.0 Å². The zero-order chi connectivity index (χ0) is 15.9. The number of benzene rings is 1. The van der Waals surface area contributed by atoms with E-state index in [9.17, 15) is 4.21 Å². The van der Waals surface area contributed by atoms with E-state index in [1.807, 2.05) is 30.3 Å². The molecule has 0 heterocycles. The summed E-state index contributed by atoms with van der Waals surface area (Å²) in [5, 5.41) is 0. The molecule has 1 atom stereocenters. The van der Waals surface area contributed by atoms with E-state index >= 15 is 0 Å². The van der Waals surface area contributed by atoms with Crippen LogP contribution in [0.3, 0.4) is 0 Å². The topological polar surface area (TPSA) is 26.3 Å². The molecule has 0 aliphatic carbocycles. The van der Waals surface area contributed by atoms with Crippen LogP contribution in [-0.2, 0) is 21.0 Å². The van der Waals surface area contributed by atoms with Crippen molar-refractivity contribution in [3.63, 3.8) is 0 Å². The number of rotatable bonds is 14. The van der Waals surface area contributed by atoms with E-state index in [2.05, 4.69) is 6.92 Å². The van der Waals surface area contributed by atoms with Gasteiger partial charge in [0.2, 0.25) is 0 Å². The lowest BCUT2D eigenvalue weighted by molar-refractivity contribution is 0.331. The standard InChI is InChI=1S/C19H32O2S/c1-2-3-4-5-6-7-8-9-10-14-17-21-22(20)18-19-15-12-11-13-16-19/h11-13,15-16H,2-10,14,17-18H2,1H3. The van der Waals surface area contributed by atoms with Gasteiger partial charge in [-0.2, -0.15) is 0 Å². The molecule has 0 saturated carbocycles. The molecule has 1 aromatic carbocycles. The molecule has 1 unspecified atom stereocenters. The molecule has 0 radical (unpaired) electrons. The van der Waals surface area contributed by atoms with Crippen molar-refractivity contribution in [2.45, 2.75) is 76.9 Å². The maximum absolute atomic E-state index is 11.8. The van der Waals surface area contributed by atoms with E-state index in [4.69, 9.17) is 4.18 Å². The molecule has 0 aliphatic rings. The predicted molar refractivity (Wildman–Crippen MR) is 96.1 cm³/mol. The molecule has 3 heteroatoms. The minimum atomic E-state index is -1.18. The van der Waals surface area contributed by atoms with E-state index in [0.29, 0.717) is 12.4 Å². The summed E-state index contributed by atoms with van der Waals surface area (Å²) >= 11 is -1.18. The van der Waals surface area contributed by atoms with E-state index < -0.39 is 11.1 Å². The van der Waals surface area contributed by atoms with E-state index in [1.54, 1.807) is 0 Å². The molecular weight excluding hydrogens is 292 g/mol. The summed E-state index contributed by atoms with van der Waals surface area (Å²) in [6.07, 6.45) is 13.1. The lowest BCUT2D eigenvalue weighted by atomic mass is 10.1. The van der Waals surface area contributed by atoms with Crippen LogP contribution < -0.4 is 0 Å². The van der Waals surface area contributed by atoms with Gasteiger partial charge in [-0.15, -0.1) is 0 Å². The first-order valence-corrected chi connectivity index (χ1v) is 10.1. The Bertz CT molecular complexity index is 378. The van der Waals surface area contributed by atoms with Gasteiger partial charge in [-0.3, -0.25) is 4.18 Å². The minimum Gasteiger partial charge on any atom is -0.290 e. The third-order valence-corrected chi connectivity index (χ3v) is 4.84. The summed E-state index contributed by atoms with van der Waals surface area (Å²) < 4.78 is 17.2. The second-order valence-corrected chi connectivity index (χ2v) is 7.07. The molecule has 0 amide bonds. The molecule has 126 valence electrons. The average Bonchev–Trinajstić information content (AvgIpc) is 2.53. The summed E-state index contributed by atoms with van der Waals surface area (Å²) in [6, 6.07) is 9.88. The Morgan fingerprint density at radius 2 is 1.36 bits per heavy atom. The van der Waals surface area contributed by atoms with Crippen molar-refractivity contribution < 1.29 is 8.39 Å². The average molecular weight is 325 g/mol. The molecule has 0 spiro atoms. The lowest BCUT2D eigenvalue weighted by Crippen LogP contribution is -2.02. The van der Waals surface area contributed by atoms with Crippen LogP contribution in [0.2, 0.25) is 0 Å². The highest BCUT2D eigenvalue weighted by Gasteiger charge is 2.01. The first-order valence-electron chi connectivity index (χ1n) is 8.88. The molecule has 0 N–H and O–H groups in total. The second-order valence-electron chi connectivity index (χ2n) is 5.94. The minimum absolute atomic E-state index is 0.499. The maximum Gasteiger partial charge on any atom is 0.159 e. The molecule has 0 saturated heterocycles. The summed E-state index contributed by atoms with van der Waals surface area (Å²) in [4.78, 5) is 0. The second kappa shape index (κ2) is 14.0. The van der Waals surface area contributed by atoms with Gasteiger partial charge in [0.15, 0.2) is 11.1 Å². The predicted octanol–water partition coefficient (Wildman–Crippen LogP) is 5.79. The SMILES string of the molecule is CCCCCCCCCCCCOS(=O)Cc1ccccc1. The molecule has 1 rings (SSSR count). The smallest absolute Gasteiger partial charge is 0.159 e. The Balaban J connectivity index is 1.86. The van der Waals surface area contributed by atoms with Crippen LogP contribution in [0.15, 0.2) is 30.3 Å². The first-order chi connectivity index (χ1) is 10.8. The van der Waals surface area contributed by atoms with Crippen molar-refractivity contribution in [2.75, 3.05) is 6.61 Å². The molecule has 2 nitrogen and oxygen atoms in total. The van der Waals surface area contributed by atoms with Crippen LogP contribution in [0.4, 0.5) is 0 Å². The highest BCUT2D eigenvalue weighted by atomic mass is 32.2. The van der Waals surface area contributed by atoms with Gasteiger partial charge >= 0.3 is 0 Å². The van der Waals surface area contributed by atoms with Gasteiger partial charge in [0, 0.05) is 0 Å². The quantitative estimate of drug-likeness (QED) is 0.405. The van der Waals surface area contributed by atoms with Gasteiger partial charge in [0.1, 0.15) is 0 Å². The van der Waals surface area contributed by atoms with E-state index in [1.165, 1.54) is 57.8 Å². The van der Waals surface area contributed by atoms with Crippen LogP contribution in [-0.4, -0.2) is 10.8 Å². The molecule has 0 bridgehead atoms. The lowest BCUT2D eigenvalue weighted by Gasteiger charge is -2.04. The highest BCUT2D eigenvalue weighted by Crippen LogP contribution is 2.11. The third-order valence-electron chi connectivity index (χ3n) is 3.84. The van der Waals surface area contributed by atoms with E-state index in [0.717, 1.165) is 12.0 Å². The Kier molecular flexibility index (Phi) is 12.3. The summed E-state index contributed by atoms with van der Waals surface area (Å²) in [6.45, 7) is 2.88. The molecule has 0 aromatic heterocycles. The zero-order valence-electron chi connectivity index (χ0n) is 14.1. The third kappa shape index (κ3) is 11.0. The van der Waals surface area contributed by atoms with Gasteiger partial charge in [-0.25, -0.2) is 4.21 Å². The van der Waals surface area contributed by atoms with Gasteiger partial charge in [0.05, 0.1) is 12.4 Å². The van der Waals surface area contributed by atoms with Crippen molar-refractivity contribution in [1.82, 2.24) is 0 Å². The Morgan fingerprint density at radius 1 is 0.818 bits per heavy atom. The van der Waals surface area contributed by atoms with Crippen molar-refractivity contribution in [3.05, 3.63) is 35.9 Å². The number of hydrogen-bond acceptors (Lipinski definition) is 2. The number of unbranched alkanes of at least 4 members (excludes halogenated alkanes) is 9. The summed E-state index contributed by atoms with van der Waals surface area (Å²) in [5.41, 5.74) is 1.07.